The second kappa shape index (κ2) is 8.19. The molecule has 1 aliphatic rings. The highest BCUT2D eigenvalue weighted by Crippen LogP contribution is 2.32. The zero-order chi connectivity index (χ0) is 18.5. The summed E-state index contributed by atoms with van der Waals surface area (Å²) in [5.41, 5.74) is 1.62. The van der Waals surface area contributed by atoms with Crippen molar-refractivity contribution in [2.24, 2.45) is 0 Å². The van der Waals surface area contributed by atoms with Crippen LogP contribution in [0.2, 0.25) is 0 Å². The van der Waals surface area contributed by atoms with Gasteiger partial charge in [-0.05, 0) is 43.8 Å². The van der Waals surface area contributed by atoms with Gasteiger partial charge in [-0.15, -0.1) is 0 Å². The maximum atomic E-state index is 13.1. The Morgan fingerprint density at radius 1 is 1.15 bits per heavy atom. The molecule has 1 aliphatic heterocycles. The van der Waals surface area contributed by atoms with Crippen molar-refractivity contribution in [2.75, 3.05) is 32.1 Å². The summed E-state index contributed by atoms with van der Waals surface area (Å²) in [5, 5.41) is 2.88. The molecule has 1 amide bonds. The Hall–Kier alpha value is -2.60. The van der Waals surface area contributed by atoms with Crippen molar-refractivity contribution < 1.29 is 18.7 Å². The third kappa shape index (κ3) is 4.52. The van der Waals surface area contributed by atoms with Crippen LogP contribution in [0.25, 0.3) is 0 Å². The van der Waals surface area contributed by atoms with Gasteiger partial charge in [0, 0.05) is 24.2 Å². The number of ether oxygens (including phenoxy) is 2. The molecule has 2 aromatic carbocycles. The highest BCUT2D eigenvalue weighted by atomic mass is 19.1. The number of hydrogen-bond donors (Lipinski definition) is 1. The van der Waals surface area contributed by atoms with E-state index in [1.54, 1.807) is 30.3 Å². The molecule has 0 saturated heterocycles. The number of hydrogen-bond acceptors (Lipinski definition) is 4. The van der Waals surface area contributed by atoms with E-state index in [2.05, 4.69) is 5.32 Å². The van der Waals surface area contributed by atoms with Gasteiger partial charge >= 0.3 is 0 Å². The van der Waals surface area contributed by atoms with Crippen LogP contribution in [0.5, 0.6) is 11.5 Å². The molecule has 0 radical (unpaired) electrons. The van der Waals surface area contributed by atoms with Gasteiger partial charge in [-0.2, -0.15) is 0 Å². The number of nitrogens with one attached hydrogen (secondary N) is 1. The largest absolute Gasteiger partial charge is 0.490 e. The number of amides is 1. The van der Waals surface area contributed by atoms with Gasteiger partial charge in [-0.3, -0.25) is 9.69 Å². The number of rotatable bonds is 5. The zero-order valence-electron chi connectivity index (χ0n) is 15.0. The standard InChI is InChI=1S/C20H23FN2O3/c1-14(15-4-6-16(21)7-5-15)23(2)13-20(24)22-17-8-9-18-19(12-17)26-11-3-10-25-18/h4-9,12,14H,3,10-11,13H2,1-2H3,(H,22,24). The van der Waals surface area contributed by atoms with Gasteiger partial charge in [0.15, 0.2) is 11.5 Å². The van der Waals surface area contributed by atoms with E-state index in [0.717, 1.165) is 12.0 Å². The van der Waals surface area contributed by atoms with Crippen molar-refractivity contribution in [3.63, 3.8) is 0 Å². The lowest BCUT2D eigenvalue weighted by Crippen LogP contribution is -2.32. The molecule has 0 saturated carbocycles. The predicted molar refractivity (Wildman–Crippen MR) is 98.1 cm³/mol. The molecule has 6 heteroatoms. The molecule has 1 unspecified atom stereocenters. The lowest BCUT2D eigenvalue weighted by Gasteiger charge is -2.24. The Kier molecular flexibility index (Phi) is 5.73. The van der Waals surface area contributed by atoms with Crippen LogP contribution in [0.4, 0.5) is 10.1 Å². The minimum atomic E-state index is -0.268. The van der Waals surface area contributed by atoms with Crippen LogP contribution >= 0.6 is 0 Å². The molecule has 0 aromatic heterocycles. The Bertz CT molecular complexity index is 764. The Labute approximate surface area is 152 Å². The number of anilines is 1. The van der Waals surface area contributed by atoms with E-state index in [-0.39, 0.29) is 24.3 Å². The maximum Gasteiger partial charge on any atom is 0.238 e. The van der Waals surface area contributed by atoms with E-state index in [0.29, 0.717) is 30.4 Å². The van der Waals surface area contributed by atoms with Crippen LogP contribution in [0, 0.1) is 5.82 Å². The maximum absolute atomic E-state index is 13.1. The minimum Gasteiger partial charge on any atom is -0.490 e. The van der Waals surface area contributed by atoms with Crippen LogP contribution in [-0.4, -0.2) is 37.6 Å². The number of likely N-dealkylation sites (N-methyl/N-ethyl adjacent to an activating group) is 1. The summed E-state index contributed by atoms with van der Waals surface area (Å²) in [6, 6.07) is 11.7. The van der Waals surface area contributed by atoms with E-state index in [9.17, 15) is 9.18 Å². The quantitative estimate of drug-likeness (QED) is 0.887. The molecule has 0 bridgehead atoms. The molecular formula is C20H23FN2O3. The molecule has 138 valence electrons. The van der Waals surface area contributed by atoms with Crippen LogP contribution < -0.4 is 14.8 Å². The zero-order valence-corrected chi connectivity index (χ0v) is 15.0. The third-order valence-electron chi connectivity index (χ3n) is 4.44. The fourth-order valence-electron chi connectivity index (χ4n) is 2.80. The first-order chi connectivity index (χ1) is 12.5. The van der Waals surface area contributed by atoms with Gasteiger partial charge in [-0.1, -0.05) is 12.1 Å². The van der Waals surface area contributed by atoms with Gasteiger partial charge in [0.05, 0.1) is 19.8 Å². The Morgan fingerprint density at radius 3 is 2.58 bits per heavy atom. The van der Waals surface area contributed by atoms with Gasteiger partial charge < -0.3 is 14.8 Å². The minimum absolute atomic E-state index is 0.00914. The van der Waals surface area contributed by atoms with Crippen molar-refractivity contribution in [2.45, 2.75) is 19.4 Å². The summed E-state index contributed by atoms with van der Waals surface area (Å²) in [6.45, 7) is 3.42. The molecule has 0 fully saturated rings. The summed E-state index contributed by atoms with van der Waals surface area (Å²) in [4.78, 5) is 14.3. The molecule has 1 atom stereocenters. The summed E-state index contributed by atoms with van der Waals surface area (Å²) in [7, 11) is 1.86. The number of carbonyl (C=O) groups is 1. The average molecular weight is 358 g/mol. The third-order valence-corrected chi connectivity index (χ3v) is 4.44. The fraction of sp³-hybridized carbons (Fsp3) is 0.350. The van der Waals surface area contributed by atoms with E-state index in [1.165, 1.54) is 12.1 Å². The molecule has 0 aliphatic carbocycles. The van der Waals surface area contributed by atoms with E-state index in [4.69, 9.17) is 9.47 Å². The number of halogens is 1. The topological polar surface area (TPSA) is 50.8 Å². The lowest BCUT2D eigenvalue weighted by atomic mass is 10.1. The van der Waals surface area contributed by atoms with E-state index >= 15 is 0 Å². The van der Waals surface area contributed by atoms with Crippen molar-refractivity contribution in [3.05, 3.63) is 53.8 Å². The smallest absolute Gasteiger partial charge is 0.238 e. The number of benzene rings is 2. The second-order valence-electron chi connectivity index (χ2n) is 6.40. The van der Waals surface area contributed by atoms with Crippen molar-refractivity contribution in [3.8, 4) is 11.5 Å². The van der Waals surface area contributed by atoms with Crippen LogP contribution in [0.3, 0.4) is 0 Å². The normalized spacial score (nSPS) is 14.6. The monoisotopic (exact) mass is 358 g/mol. The first kappa shape index (κ1) is 18.2. The van der Waals surface area contributed by atoms with E-state index < -0.39 is 0 Å². The molecule has 3 rings (SSSR count). The Morgan fingerprint density at radius 2 is 1.85 bits per heavy atom. The highest BCUT2D eigenvalue weighted by Gasteiger charge is 2.16. The first-order valence-corrected chi connectivity index (χ1v) is 8.68. The van der Waals surface area contributed by atoms with Gasteiger partial charge in [0.1, 0.15) is 5.82 Å². The number of carbonyl (C=O) groups excluding carboxylic acids is 1. The predicted octanol–water partition coefficient (Wildman–Crippen LogP) is 3.62. The molecule has 1 heterocycles. The lowest BCUT2D eigenvalue weighted by molar-refractivity contribution is -0.117. The van der Waals surface area contributed by atoms with Crippen LogP contribution in [0.15, 0.2) is 42.5 Å². The number of nitrogens with zero attached hydrogens (tertiary/aromatic N) is 1. The SMILES string of the molecule is CC(c1ccc(F)cc1)N(C)CC(=O)Nc1ccc2c(c1)OCCCO2. The fourth-order valence-corrected chi connectivity index (χ4v) is 2.80. The molecule has 5 nitrogen and oxygen atoms in total. The Balaban J connectivity index is 1.59. The van der Waals surface area contributed by atoms with Gasteiger partial charge in [0.25, 0.3) is 0 Å². The van der Waals surface area contributed by atoms with Gasteiger partial charge in [-0.25, -0.2) is 4.39 Å². The average Bonchev–Trinajstić information content (AvgIpc) is 2.86. The molecule has 0 spiro atoms. The summed E-state index contributed by atoms with van der Waals surface area (Å²) in [6.07, 6.45) is 0.836. The summed E-state index contributed by atoms with van der Waals surface area (Å²) >= 11 is 0. The van der Waals surface area contributed by atoms with Crippen molar-refractivity contribution in [1.29, 1.82) is 0 Å². The molecule has 2 aromatic rings. The number of fused-ring (bicyclic) bond motifs is 1. The second-order valence-corrected chi connectivity index (χ2v) is 6.40. The molecule has 1 N–H and O–H groups in total. The first-order valence-electron chi connectivity index (χ1n) is 8.68. The van der Waals surface area contributed by atoms with Crippen LogP contribution in [0.1, 0.15) is 24.9 Å². The van der Waals surface area contributed by atoms with Gasteiger partial charge in [0.2, 0.25) is 5.91 Å². The van der Waals surface area contributed by atoms with E-state index in [1.807, 2.05) is 18.9 Å². The van der Waals surface area contributed by atoms with Crippen molar-refractivity contribution >= 4 is 11.6 Å². The highest BCUT2D eigenvalue weighted by molar-refractivity contribution is 5.92. The van der Waals surface area contributed by atoms with Crippen molar-refractivity contribution in [1.82, 2.24) is 4.90 Å². The summed E-state index contributed by atoms with van der Waals surface area (Å²) in [5.74, 6) is 0.947. The molecule has 26 heavy (non-hydrogen) atoms. The van der Waals surface area contributed by atoms with Crippen LogP contribution in [-0.2, 0) is 4.79 Å². The summed E-state index contributed by atoms with van der Waals surface area (Å²) < 4.78 is 24.3. The molecular weight excluding hydrogens is 335 g/mol.